The van der Waals surface area contributed by atoms with E-state index in [9.17, 15) is 9.59 Å². The van der Waals surface area contributed by atoms with Gasteiger partial charge >= 0.3 is 0 Å². The van der Waals surface area contributed by atoms with Crippen LogP contribution in [0.25, 0.3) is 0 Å². The summed E-state index contributed by atoms with van der Waals surface area (Å²) in [6.07, 6.45) is 2.31. The number of hydrogen-bond donors (Lipinski definition) is 2. The number of aliphatic imine (C=N–C) groups is 1. The summed E-state index contributed by atoms with van der Waals surface area (Å²) in [6.45, 7) is 3.76. The van der Waals surface area contributed by atoms with Crippen LogP contribution in [0.5, 0.6) is 0 Å². The molecule has 182 valence electrons. The molecular weight excluding hydrogens is 541 g/mol. The van der Waals surface area contributed by atoms with Gasteiger partial charge in [-0.15, -0.1) is 24.0 Å². The number of fused-ring (bicyclic) bond motifs is 1. The summed E-state index contributed by atoms with van der Waals surface area (Å²) in [5.41, 5.74) is 3.80. The minimum atomic E-state index is 0. The number of carbonyl (C=O) groups is 2. The third-order valence-corrected chi connectivity index (χ3v) is 6.48. The summed E-state index contributed by atoms with van der Waals surface area (Å²) < 4.78 is 0. The van der Waals surface area contributed by atoms with Crippen LogP contribution < -0.4 is 10.6 Å². The molecule has 8 heteroatoms. The van der Waals surface area contributed by atoms with E-state index in [0.717, 1.165) is 32.5 Å². The molecule has 1 fully saturated rings. The van der Waals surface area contributed by atoms with E-state index in [1.165, 1.54) is 16.7 Å². The van der Waals surface area contributed by atoms with Gasteiger partial charge in [0, 0.05) is 52.1 Å². The van der Waals surface area contributed by atoms with Gasteiger partial charge in [-0.1, -0.05) is 54.6 Å². The van der Waals surface area contributed by atoms with E-state index >= 15 is 0 Å². The summed E-state index contributed by atoms with van der Waals surface area (Å²) >= 11 is 0. The van der Waals surface area contributed by atoms with Crippen LogP contribution >= 0.6 is 24.0 Å². The molecule has 2 amide bonds. The molecule has 0 bridgehead atoms. The molecule has 2 aliphatic heterocycles. The lowest BCUT2D eigenvalue weighted by Gasteiger charge is -2.29. The number of nitrogens with one attached hydrogen (secondary N) is 2. The fraction of sp³-hybridized carbons (Fsp3) is 0.423. The number of guanidine groups is 1. The van der Waals surface area contributed by atoms with Crippen LogP contribution in [0.1, 0.15) is 23.1 Å². The molecule has 1 saturated heterocycles. The number of nitrogens with zero attached hydrogens (tertiary/aromatic N) is 3. The molecule has 2 aliphatic rings. The van der Waals surface area contributed by atoms with Crippen molar-refractivity contribution < 1.29 is 9.59 Å². The zero-order valence-electron chi connectivity index (χ0n) is 19.7. The molecule has 2 aromatic rings. The highest BCUT2D eigenvalue weighted by Crippen LogP contribution is 2.19. The molecule has 2 N–H and O–H groups in total. The quantitative estimate of drug-likeness (QED) is 0.302. The Morgan fingerprint density at radius 3 is 2.56 bits per heavy atom. The van der Waals surface area contributed by atoms with Crippen molar-refractivity contribution >= 4 is 41.8 Å². The number of amides is 2. The number of benzene rings is 2. The van der Waals surface area contributed by atoms with Crippen molar-refractivity contribution in [1.29, 1.82) is 0 Å². The van der Waals surface area contributed by atoms with Gasteiger partial charge in [0.25, 0.3) is 0 Å². The molecule has 4 rings (SSSR count). The molecule has 0 spiro atoms. The van der Waals surface area contributed by atoms with Crippen molar-refractivity contribution in [3.63, 3.8) is 0 Å². The zero-order chi connectivity index (χ0) is 23.0. The van der Waals surface area contributed by atoms with Crippen molar-refractivity contribution in [2.45, 2.75) is 25.8 Å². The number of halogens is 1. The van der Waals surface area contributed by atoms with Crippen molar-refractivity contribution in [3.8, 4) is 0 Å². The average molecular weight is 575 g/mol. The zero-order valence-corrected chi connectivity index (χ0v) is 22.0. The maximum absolute atomic E-state index is 12.7. The Morgan fingerprint density at radius 1 is 1.06 bits per heavy atom. The van der Waals surface area contributed by atoms with E-state index in [1.54, 1.807) is 7.05 Å². The van der Waals surface area contributed by atoms with Crippen molar-refractivity contribution in [2.24, 2.45) is 10.9 Å². The summed E-state index contributed by atoms with van der Waals surface area (Å²) in [6, 6.07) is 18.6. The normalized spacial score (nSPS) is 17.7. The second kappa shape index (κ2) is 12.7. The summed E-state index contributed by atoms with van der Waals surface area (Å²) in [5.74, 6) is 1.11. The van der Waals surface area contributed by atoms with E-state index in [1.807, 2.05) is 40.1 Å². The standard InChI is InChI=1S/C26H33N5O2.HI/c1-27-26(29-17-25(33)31-14-12-22-9-5-6-10-23(22)19-31)28-16-21-15-24(32)30(18-21)13-11-20-7-3-2-4-8-20;/h2-10,21H,11-19H2,1H3,(H2,27,28,29);1H. The van der Waals surface area contributed by atoms with Crippen LogP contribution in [0.4, 0.5) is 0 Å². The van der Waals surface area contributed by atoms with Crippen LogP contribution in [0.2, 0.25) is 0 Å². The van der Waals surface area contributed by atoms with E-state index < -0.39 is 0 Å². The van der Waals surface area contributed by atoms with E-state index in [4.69, 9.17) is 0 Å². The number of carbonyl (C=O) groups excluding carboxylic acids is 2. The first-order chi connectivity index (χ1) is 16.1. The second-order valence-corrected chi connectivity index (χ2v) is 8.79. The van der Waals surface area contributed by atoms with Gasteiger partial charge in [-0.2, -0.15) is 0 Å². The molecule has 0 saturated carbocycles. The minimum Gasteiger partial charge on any atom is -0.356 e. The van der Waals surface area contributed by atoms with Gasteiger partial charge in [0.2, 0.25) is 11.8 Å². The lowest BCUT2D eigenvalue weighted by Crippen LogP contribution is -2.46. The van der Waals surface area contributed by atoms with Gasteiger partial charge in [0.15, 0.2) is 5.96 Å². The first-order valence-electron chi connectivity index (χ1n) is 11.7. The molecule has 2 aromatic carbocycles. The Labute approximate surface area is 219 Å². The van der Waals surface area contributed by atoms with E-state index in [2.05, 4.69) is 39.9 Å². The largest absolute Gasteiger partial charge is 0.356 e. The molecule has 34 heavy (non-hydrogen) atoms. The van der Waals surface area contributed by atoms with Gasteiger partial charge in [0.05, 0.1) is 6.54 Å². The van der Waals surface area contributed by atoms with E-state index in [0.29, 0.717) is 25.5 Å². The minimum absolute atomic E-state index is 0. The Morgan fingerprint density at radius 2 is 1.79 bits per heavy atom. The number of hydrogen-bond acceptors (Lipinski definition) is 3. The third-order valence-electron chi connectivity index (χ3n) is 6.48. The van der Waals surface area contributed by atoms with Crippen LogP contribution in [-0.2, 0) is 29.0 Å². The van der Waals surface area contributed by atoms with Crippen LogP contribution in [0.3, 0.4) is 0 Å². The van der Waals surface area contributed by atoms with E-state index in [-0.39, 0.29) is 48.3 Å². The predicted molar refractivity (Wildman–Crippen MR) is 145 cm³/mol. The number of likely N-dealkylation sites (tertiary alicyclic amines) is 1. The third kappa shape index (κ3) is 6.94. The highest BCUT2D eigenvalue weighted by atomic mass is 127. The van der Waals surface area contributed by atoms with Crippen molar-refractivity contribution in [1.82, 2.24) is 20.4 Å². The highest BCUT2D eigenvalue weighted by Gasteiger charge is 2.29. The van der Waals surface area contributed by atoms with Gasteiger partial charge in [0.1, 0.15) is 0 Å². The predicted octanol–water partition coefficient (Wildman–Crippen LogP) is 2.45. The van der Waals surface area contributed by atoms with Gasteiger partial charge < -0.3 is 20.4 Å². The van der Waals surface area contributed by atoms with Crippen LogP contribution in [-0.4, -0.2) is 67.3 Å². The van der Waals surface area contributed by atoms with Crippen molar-refractivity contribution in [3.05, 3.63) is 71.3 Å². The molecular formula is C26H34IN5O2. The fourth-order valence-corrected chi connectivity index (χ4v) is 4.56. The Bertz CT molecular complexity index is 998. The van der Waals surface area contributed by atoms with Gasteiger partial charge in [-0.05, 0) is 29.5 Å². The molecule has 1 atom stereocenters. The molecule has 0 aliphatic carbocycles. The molecule has 1 unspecified atom stereocenters. The fourth-order valence-electron chi connectivity index (χ4n) is 4.56. The molecule has 7 nitrogen and oxygen atoms in total. The molecule has 2 heterocycles. The molecule has 0 radical (unpaired) electrons. The Balaban J connectivity index is 0.00000324. The highest BCUT2D eigenvalue weighted by molar-refractivity contribution is 14.0. The SMILES string of the molecule is CN=C(NCC(=O)N1CCc2ccccc2C1)NCC1CC(=O)N(CCc2ccccc2)C1.I. The van der Waals surface area contributed by atoms with Gasteiger partial charge in [-0.3, -0.25) is 14.6 Å². The van der Waals surface area contributed by atoms with Gasteiger partial charge in [-0.25, -0.2) is 0 Å². The monoisotopic (exact) mass is 575 g/mol. The number of rotatable bonds is 7. The summed E-state index contributed by atoms with van der Waals surface area (Å²) in [5, 5.41) is 6.42. The Kier molecular flexibility index (Phi) is 9.74. The summed E-state index contributed by atoms with van der Waals surface area (Å²) in [7, 11) is 1.70. The van der Waals surface area contributed by atoms with Crippen LogP contribution in [0.15, 0.2) is 59.6 Å². The summed E-state index contributed by atoms with van der Waals surface area (Å²) in [4.78, 5) is 33.2. The molecule has 0 aromatic heterocycles. The maximum Gasteiger partial charge on any atom is 0.242 e. The topological polar surface area (TPSA) is 77.0 Å². The smallest absolute Gasteiger partial charge is 0.242 e. The Hall–Kier alpha value is -2.62. The first kappa shape index (κ1) is 26.0. The average Bonchev–Trinajstić information content (AvgIpc) is 3.22. The lowest BCUT2D eigenvalue weighted by molar-refractivity contribution is -0.131. The van der Waals surface area contributed by atoms with Crippen LogP contribution in [0, 0.1) is 5.92 Å². The van der Waals surface area contributed by atoms with Crippen molar-refractivity contribution in [2.75, 3.05) is 39.8 Å². The first-order valence-corrected chi connectivity index (χ1v) is 11.7. The maximum atomic E-state index is 12.7. The lowest BCUT2D eigenvalue weighted by atomic mass is 10.00. The second-order valence-electron chi connectivity index (χ2n) is 8.79.